The molecule has 0 spiro atoms. The number of aromatic nitrogens is 1. The van der Waals surface area contributed by atoms with Crippen molar-refractivity contribution in [3.8, 4) is 0 Å². The first-order chi connectivity index (χ1) is 10.1. The van der Waals surface area contributed by atoms with Crippen LogP contribution in [0.25, 0.3) is 10.2 Å². The van der Waals surface area contributed by atoms with Gasteiger partial charge in [-0.1, -0.05) is 13.8 Å². The Kier molecular flexibility index (Phi) is 4.04. The molecule has 5 heteroatoms. The smallest absolute Gasteiger partial charge is 0.0907 e. The third kappa shape index (κ3) is 2.72. The van der Waals surface area contributed by atoms with E-state index >= 15 is 0 Å². The highest BCUT2D eigenvalue weighted by molar-refractivity contribution is 7.18. The topological polar surface area (TPSA) is 45.4 Å². The number of hydrogen-bond acceptors (Lipinski definition) is 5. The van der Waals surface area contributed by atoms with Crippen molar-refractivity contribution in [2.75, 3.05) is 36.8 Å². The van der Waals surface area contributed by atoms with Gasteiger partial charge in [-0.25, -0.2) is 4.98 Å². The van der Waals surface area contributed by atoms with Gasteiger partial charge in [-0.3, -0.25) is 4.90 Å². The predicted molar refractivity (Wildman–Crippen MR) is 92.3 cm³/mol. The van der Waals surface area contributed by atoms with E-state index in [1.165, 1.54) is 11.1 Å². The van der Waals surface area contributed by atoms with Crippen LogP contribution >= 0.6 is 11.3 Å². The van der Waals surface area contributed by atoms with Crippen LogP contribution in [0, 0.1) is 6.92 Å². The Labute approximate surface area is 130 Å². The fraction of sp³-hybridized carbons (Fsp3) is 0.562. The Morgan fingerprint density at radius 2 is 2.14 bits per heavy atom. The summed E-state index contributed by atoms with van der Waals surface area (Å²) in [5.41, 5.74) is 9.40. The van der Waals surface area contributed by atoms with Crippen LogP contribution in [-0.2, 0) is 0 Å². The van der Waals surface area contributed by atoms with Crippen molar-refractivity contribution in [1.29, 1.82) is 0 Å². The number of rotatable bonds is 4. The molecular weight excluding hydrogens is 280 g/mol. The lowest BCUT2D eigenvalue weighted by atomic mass is 10.2. The summed E-state index contributed by atoms with van der Waals surface area (Å²) in [6.07, 6.45) is 1.22. The summed E-state index contributed by atoms with van der Waals surface area (Å²) in [5, 5.41) is 1.10. The number of aryl methyl sites for hydroxylation is 1. The van der Waals surface area contributed by atoms with Crippen molar-refractivity contribution in [2.45, 2.75) is 33.2 Å². The molecule has 0 saturated carbocycles. The molecule has 1 aliphatic rings. The van der Waals surface area contributed by atoms with Crippen molar-refractivity contribution in [2.24, 2.45) is 0 Å². The van der Waals surface area contributed by atoms with E-state index in [9.17, 15) is 0 Å². The third-order valence-electron chi connectivity index (χ3n) is 4.48. The number of nitrogens with zero attached hydrogens (tertiary/aromatic N) is 3. The first-order valence-electron chi connectivity index (χ1n) is 7.78. The number of thiazole rings is 1. The highest BCUT2D eigenvalue weighted by Gasteiger charge is 2.27. The maximum absolute atomic E-state index is 6.29. The van der Waals surface area contributed by atoms with Crippen LogP contribution in [0.2, 0.25) is 0 Å². The Bertz CT molecular complexity index is 632. The van der Waals surface area contributed by atoms with E-state index in [2.05, 4.69) is 40.8 Å². The molecule has 1 fully saturated rings. The van der Waals surface area contributed by atoms with Crippen molar-refractivity contribution in [1.82, 2.24) is 9.88 Å². The molecule has 1 aliphatic heterocycles. The molecule has 21 heavy (non-hydrogen) atoms. The summed E-state index contributed by atoms with van der Waals surface area (Å²) in [7, 11) is 0. The first kappa shape index (κ1) is 14.6. The average Bonchev–Trinajstić information content (AvgIpc) is 3.05. The molecule has 0 bridgehead atoms. The first-order valence-corrected chi connectivity index (χ1v) is 8.59. The molecule has 0 amide bonds. The molecule has 1 unspecified atom stereocenters. The number of fused-ring (bicyclic) bond motifs is 1. The zero-order valence-corrected chi connectivity index (χ0v) is 13.9. The highest BCUT2D eigenvalue weighted by atomic mass is 32.1. The van der Waals surface area contributed by atoms with Crippen molar-refractivity contribution in [3.05, 3.63) is 17.1 Å². The van der Waals surface area contributed by atoms with Gasteiger partial charge in [-0.05, 0) is 38.6 Å². The standard InChI is InChI=1S/C16H24N4S/c1-4-19(5-2)12-6-7-20(10-12)15-9-14-16(8-13(15)17)21-11(3)18-14/h8-9,12H,4-7,10,17H2,1-3H3. The van der Waals surface area contributed by atoms with Crippen molar-refractivity contribution >= 4 is 32.9 Å². The van der Waals surface area contributed by atoms with E-state index in [-0.39, 0.29) is 0 Å². The van der Waals surface area contributed by atoms with Gasteiger partial charge in [0, 0.05) is 19.1 Å². The SMILES string of the molecule is CCN(CC)C1CCN(c2cc3nc(C)sc3cc2N)C1. The third-order valence-corrected chi connectivity index (χ3v) is 5.41. The van der Waals surface area contributed by atoms with Gasteiger partial charge >= 0.3 is 0 Å². The maximum atomic E-state index is 6.29. The fourth-order valence-electron chi connectivity index (χ4n) is 3.37. The summed E-state index contributed by atoms with van der Waals surface area (Å²) >= 11 is 1.71. The van der Waals surface area contributed by atoms with Gasteiger partial charge in [0.15, 0.2) is 0 Å². The molecule has 1 saturated heterocycles. The minimum atomic E-state index is 0.646. The van der Waals surface area contributed by atoms with Crippen LogP contribution in [0.3, 0.4) is 0 Å². The fourth-order valence-corrected chi connectivity index (χ4v) is 4.22. The number of nitrogens with two attached hydrogens (primary N) is 1. The summed E-state index contributed by atoms with van der Waals surface area (Å²) in [6, 6.07) is 4.89. The average molecular weight is 304 g/mol. The molecule has 2 N–H and O–H groups in total. The van der Waals surface area contributed by atoms with Crippen LogP contribution < -0.4 is 10.6 Å². The highest BCUT2D eigenvalue weighted by Crippen LogP contribution is 2.34. The van der Waals surface area contributed by atoms with Gasteiger partial charge in [0.1, 0.15) is 0 Å². The van der Waals surface area contributed by atoms with Gasteiger partial charge in [0.25, 0.3) is 0 Å². The van der Waals surface area contributed by atoms with Crippen LogP contribution in [0.1, 0.15) is 25.3 Å². The number of benzene rings is 1. The molecule has 1 aromatic heterocycles. The second kappa shape index (κ2) is 5.81. The summed E-state index contributed by atoms with van der Waals surface area (Å²) in [6.45, 7) is 10.9. The molecule has 2 heterocycles. The quantitative estimate of drug-likeness (QED) is 0.882. The van der Waals surface area contributed by atoms with E-state index < -0.39 is 0 Å². The van der Waals surface area contributed by atoms with Gasteiger partial charge in [0.2, 0.25) is 0 Å². The number of anilines is 2. The molecular formula is C16H24N4S. The van der Waals surface area contributed by atoms with Crippen molar-refractivity contribution < 1.29 is 0 Å². The Morgan fingerprint density at radius 1 is 1.38 bits per heavy atom. The van der Waals surface area contributed by atoms with Gasteiger partial charge in [0.05, 0.1) is 26.6 Å². The minimum absolute atomic E-state index is 0.646. The second-order valence-corrected chi connectivity index (χ2v) is 6.96. The van der Waals surface area contributed by atoms with Crippen LogP contribution in [0.5, 0.6) is 0 Å². The minimum Gasteiger partial charge on any atom is -0.397 e. The van der Waals surface area contributed by atoms with Gasteiger partial charge < -0.3 is 10.6 Å². The van der Waals surface area contributed by atoms with Crippen molar-refractivity contribution in [3.63, 3.8) is 0 Å². The number of nitrogen functional groups attached to an aromatic ring is 1. The molecule has 1 aromatic carbocycles. The predicted octanol–water partition coefficient (Wildman–Crippen LogP) is 3.11. The maximum Gasteiger partial charge on any atom is 0.0907 e. The van der Waals surface area contributed by atoms with E-state index in [1.54, 1.807) is 11.3 Å². The van der Waals surface area contributed by atoms with E-state index in [4.69, 9.17) is 5.73 Å². The summed E-state index contributed by atoms with van der Waals surface area (Å²) in [4.78, 5) is 9.57. The van der Waals surface area contributed by atoms with E-state index in [1.807, 2.05) is 6.92 Å². The van der Waals surface area contributed by atoms with Crippen LogP contribution in [-0.4, -0.2) is 42.1 Å². The summed E-state index contributed by atoms with van der Waals surface area (Å²) < 4.78 is 1.19. The Morgan fingerprint density at radius 3 is 2.86 bits per heavy atom. The zero-order chi connectivity index (χ0) is 15.0. The largest absolute Gasteiger partial charge is 0.397 e. The second-order valence-electron chi connectivity index (χ2n) is 5.72. The molecule has 0 aliphatic carbocycles. The number of likely N-dealkylation sites (N-methyl/N-ethyl adjacent to an activating group) is 1. The Hall–Kier alpha value is -1.33. The lowest BCUT2D eigenvalue weighted by molar-refractivity contribution is 0.232. The van der Waals surface area contributed by atoms with Crippen LogP contribution in [0.15, 0.2) is 12.1 Å². The molecule has 0 radical (unpaired) electrons. The summed E-state index contributed by atoms with van der Waals surface area (Å²) in [5.74, 6) is 0. The lowest BCUT2D eigenvalue weighted by Crippen LogP contribution is -2.37. The van der Waals surface area contributed by atoms with E-state index in [0.717, 1.165) is 48.1 Å². The molecule has 4 nitrogen and oxygen atoms in total. The Balaban J connectivity index is 1.86. The molecule has 2 aromatic rings. The number of hydrogen-bond donors (Lipinski definition) is 1. The van der Waals surface area contributed by atoms with E-state index in [0.29, 0.717) is 6.04 Å². The lowest BCUT2D eigenvalue weighted by Gasteiger charge is -2.27. The monoisotopic (exact) mass is 304 g/mol. The molecule has 114 valence electrons. The van der Waals surface area contributed by atoms with Gasteiger partial charge in [-0.2, -0.15) is 0 Å². The molecule has 1 atom stereocenters. The van der Waals surface area contributed by atoms with Crippen LogP contribution in [0.4, 0.5) is 11.4 Å². The normalized spacial score (nSPS) is 19.0. The molecule has 3 rings (SSSR count). The zero-order valence-electron chi connectivity index (χ0n) is 13.1. The van der Waals surface area contributed by atoms with Gasteiger partial charge in [-0.15, -0.1) is 11.3 Å².